The molecule has 2 aliphatic heterocycles. The number of nitrogens with one attached hydrogen (secondary N) is 1. The van der Waals surface area contributed by atoms with Gasteiger partial charge in [0.1, 0.15) is 23.6 Å². The number of alkyl halides is 2. The number of likely N-dealkylation sites (tertiary alicyclic amines) is 1. The summed E-state index contributed by atoms with van der Waals surface area (Å²) < 4.78 is 41.2. The quantitative estimate of drug-likeness (QED) is 0.252. The molecule has 1 aromatic carbocycles. The topological polar surface area (TPSA) is 119 Å². The van der Waals surface area contributed by atoms with Gasteiger partial charge in [-0.15, -0.1) is 11.3 Å². The average Bonchev–Trinajstić information content (AvgIpc) is 3.79. The molecule has 15 heteroatoms. The highest BCUT2D eigenvalue weighted by Crippen LogP contribution is 2.39. The first-order valence-corrected chi connectivity index (χ1v) is 16.0. The smallest absolute Gasteiger partial charge is 0.387 e. The molecule has 46 heavy (non-hydrogen) atoms. The van der Waals surface area contributed by atoms with Crippen LogP contribution in [0.25, 0.3) is 27.0 Å². The summed E-state index contributed by atoms with van der Waals surface area (Å²) in [5.74, 6) is -0.193. The Hall–Kier alpha value is -4.47. The molecule has 2 fully saturated rings. The molecule has 0 atom stereocenters. The fourth-order valence-electron chi connectivity index (χ4n) is 6.09. The Morgan fingerprint density at radius 3 is 2.78 bits per heavy atom. The van der Waals surface area contributed by atoms with Crippen molar-refractivity contribution in [2.45, 2.75) is 26.0 Å². The van der Waals surface area contributed by atoms with E-state index in [-0.39, 0.29) is 40.7 Å². The van der Waals surface area contributed by atoms with Gasteiger partial charge in [-0.2, -0.15) is 19.0 Å². The molecular formula is C31H32F2N8O4S. The number of carbonyl (C=O) groups is 2. The summed E-state index contributed by atoms with van der Waals surface area (Å²) in [4.78, 5) is 35.4. The van der Waals surface area contributed by atoms with Crippen LogP contribution in [0, 0.1) is 5.92 Å². The number of ether oxygens (including phenoxy) is 2. The molecule has 2 saturated heterocycles. The van der Waals surface area contributed by atoms with E-state index in [0.717, 1.165) is 55.8 Å². The number of hydrogen-bond donors (Lipinski definition) is 1. The lowest BCUT2D eigenvalue weighted by Gasteiger charge is -2.36. The molecule has 6 heterocycles. The normalized spacial score (nSPS) is 16.5. The van der Waals surface area contributed by atoms with Crippen molar-refractivity contribution in [1.82, 2.24) is 34.2 Å². The standard InChI is InChI=1S/C31H32F2N8O4S/c32-31(33)45-25-14-21-4-13-46-26(21)15-22(25)28-24(36-30(43)23-16-35-41-6-1-5-34-29(23)41)18-40(37-28)19-27(42)39-7-2-20(3-8-39)17-38-9-11-44-12-10-38/h1,4-6,13-16,18,20,31H,2-3,7-12,17,19H2,(H,36,43). The Bertz CT molecular complexity index is 1860. The number of nitrogens with zero attached hydrogens (tertiary/aromatic N) is 7. The van der Waals surface area contributed by atoms with E-state index in [4.69, 9.17) is 9.47 Å². The number of thiophene rings is 1. The van der Waals surface area contributed by atoms with Crippen molar-refractivity contribution in [2.24, 2.45) is 5.92 Å². The lowest BCUT2D eigenvalue weighted by atomic mass is 9.96. The van der Waals surface area contributed by atoms with E-state index in [0.29, 0.717) is 24.7 Å². The van der Waals surface area contributed by atoms with Crippen LogP contribution < -0.4 is 10.1 Å². The van der Waals surface area contributed by atoms with Gasteiger partial charge in [-0.1, -0.05) is 0 Å². The molecule has 240 valence electrons. The third-order valence-electron chi connectivity index (χ3n) is 8.44. The van der Waals surface area contributed by atoms with Crippen LogP contribution in [0.15, 0.2) is 54.4 Å². The Morgan fingerprint density at radius 2 is 1.98 bits per heavy atom. The maximum Gasteiger partial charge on any atom is 0.387 e. The van der Waals surface area contributed by atoms with Crippen molar-refractivity contribution in [3.8, 4) is 17.0 Å². The minimum absolute atomic E-state index is 0.0818. The zero-order chi connectivity index (χ0) is 31.6. The predicted molar refractivity (Wildman–Crippen MR) is 167 cm³/mol. The predicted octanol–water partition coefficient (Wildman–Crippen LogP) is 4.23. The van der Waals surface area contributed by atoms with Crippen LogP contribution in [-0.2, 0) is 16.1 Å². The Balaban J connectivity index is 1.15. The van der Waals surface area contributed by atoms with Crippen LogP contribution in [-0.4, -0.2) is 98.5 Å². The number of piperidine rings is 1. The highest BCUT2D eigenvalue weighted by atomic mass is 32.1. The Labute approximate surface area is 266 Å². The number of halogens is 2. The van der Waals surface area contributed by atoms with Gasteiger partial charge in [-0.25, -0.2) is 9.50 Å². The van der Waals surface area contributed by atoms with Crippen LogP contribution in [0.5, 0.6) is 5.75 Å². The molecule has 5 aromatic rings. The molecule has 2 amide bonds. The van der Waals surface area contributed by atoms with Gasteiger partial charge >= 0.3 is 6.61 Å². The third kappa shape index (κ3) is 6.43. The number of hydrogen-bond acceptors (Lipinski definition) is 9. The SMILES string of the molecule is O=C(Nc1cn(CC(=O)N2CCC(CN3CCOCC3)CC2)nc1-c1cc2sccc2cc1OC(F)F)c1cnn2cccnc12. The van der Waals surface area contributed by atoms with Gasteiger partial charge in [0.25, 0.3) is 5.91 Å². The zero-order valence-corrected chi connectivity index (χ0v) is 25.7. The summed E-state index contributed by atoms with van der Waals surface area (Å²) in [7, 11) is 0. The molecule has 0 unspecified atom stereocenters. The van der Waals surface area contributed by atoms with Crippen molar-refractivity contribution in [3.05, 3.63) is 60.0 Å². The first-order valence-electron chi connectivity index (χ1n) is 15.1. The summed E-state index contributed by atoms with van der Waals surface area (Å²) in [6.07, 6.45) is 7.99. The fraction of sp³-hybridized carbons (Fsp3) is 0.387. The van der Waals surface area contributed by atoms with Gasteiger partial charge < -0.3 is 19.7 Å². The number of morpholine rings is 1. The summed E-state index contributed by atoms with van der Waals surface area (Å²) in [6.45, 7) is 2.56. The summed E-state index contributed by atoms with van der Waals surface area (Å²) in [5, 5.41) is 14.3. The van der Waals surface area contributed by atoms with Gasteiger partial charge in [0.2, 0.25) is 5.91 Å². The fourth-order valence-corrected chi connectivity index (χ4v) is 6.90. The maximum absolute atomic E-state index is 13.5. The zero-order valence-electron chi connectivity index (χ0n) is 24.8. The minimum atomic E-state index is -3.08. The van der Waals surface area contributed by atoms with Gasteiger partial charge in [0.15, 0.2) is 5.65 Å². The molecule has 0 bridgehead atoms. The van der Waals surface area contributed by atoms with Gasteiger partial charge in [0, 0.05) is 61.6 Å². The van der Waals surface area contributed by atoms with Crippen molar-refractivity contribution >= 4 is 44.6 Å². The van der Waals surface area contributed by atoms with E-state index in [1.165, 1.54) is 32.8 Å². The van der Waals surface area contributed by atoms with E-state index in [1.807, 2.05) is 16.3 Å². The van der Waals surface area contributed by atoms with Crippen LogP contribution in [0.4, 0.5) is 14.5 Å². The summed E-state index contributed by atoms with van der Waals surface area (Å²) in [5.41, 5.74) is 1.25. The van der Waals surface area contributed by atoms with E-state index < -0.39 is 12.5 Å². The van der Waals surface area contributed by atoms with Crippen LogP contribution in [0.2, 0.25) is 0 Å². The van der Waals surface area contributed by atoms with Crippen molar-refractivity contribution in [2.75, 3.05) is 51.3 Å². The molecule has 7 rings (SSSR count). The van der Waals surface area contributed by atoms with Crippen molar-refractivity contribution < 1.29 is 27.8 Å². The summed E-state index contributed by atoms with van der Waals surface area (Å²) >= 11 is 1.44. The van der Waals surface area contributed by atoms with Crippen molar-refractivity contribution in [1.29, 1.82) is 0 Å². The molecule has 0 saturated carbocycles. The highest BCUT2D eigenvalue weighted by Gasteiger charge is 2.27. The summed E-state index contributed by atoms with van der Waals surface area (Å²) in [6, 6.07) is 6.74. The molecule has 0 aliphatic carbocycles. The van der Waals surface area contributed by atoms with E-state index >= 15 is 0 Å². The van der Waals surface area contributed by atoms with Crippen LogP contribution in [0.1, 0.15) is 23.2 Å². The maximum atomic E-state index is 13.5. The number of amides is 2. The number of aromatic nitrogens is 5. The minimum Gasteiger partial charge on any atom is -0.434 e. The molecule has 12 nitrogen and oxygen atoms in total. The molecule has 0 spiro atoms. The second-order valence-corrected chi connectivity index (χ2v) is 12.4. The molecule has 0 radical (unpaired) electrons. The van der Waals surface area contributed by atoms with E-state index in [9.17, 15) is 18.4 Å². The van der Waals surface area contributed by atoms with Crippen molar-refractivity contribution in [3.63, 3.8) is 0 Å². The van der Waals surface area contributed by atoms with Gasteiger partial charge in [0.05, 0.1) is 25.1 Å². The number of fused-ring (bicyclic) bond motifs is 2. The third-order valence-corrected chi connectivity index (χ3v) is 9.32. The van der Waals surface area contributed by atoms with E-state index in [2.05, 4.69) is 25.4 Å². The van der Waals surface area contributed by atoms with Gasteiger partial charge in [-0.3, -0.25) is 19.2 Å². The number of carbonyl (C=O) groups excluding carboxylic acids is 2. The molecule has 1 N–H and O–H groups in total. The molecular weight excluding hydrogens is 618 g/mol. The van der Waals surface area contributed by atoms with E-state index in [1.54, 1.807) is 30.7 Å². The first kappa shape index (κ1) is 30.2. The van der Waals surface area contributed by atoms with Gasteiger partial charge in [-0.05, 0) is 53.8 Å². The average molecular weight is 651 g/mol. The molecule has 4 aromatic heterocycles. The van der Waals surface area contributed by atoms with Crippen LogP contribution in [0.3, 0.4) is 0 Å². The lowest BCUT2D eigenvalue weighted by Crippen LogP contribution is -2.45. The monoisotopic (exact) mass is 650 g/mol. The number of benzene rings is 1. The second kappa shape index (κ2) is 13.1. The highest BCUT2D eigenvalue weighted by molar-refractivity contribution is 7.17. The molecule has 2 aliphatic rings. The second-order valence-electron chi connectivity index (χ2n) is 11.4. The van der Waals surface area contributed by atoms with Crippen LogP contribution >= 0.6 is 11.3 Å². The largest absolute Gasteiger partial charge is 0.434 e. The number of anilines is 1. The lowest BCUT2D eigenvalue weighted by molar-refractivity contribution is -0.133. The first-order chi connectivity index (χ1) is 22.4. The number of rotatable bonds is 9. The Morgan fingerprint density at radius 1 is 1.15 bits per heavy atom. The Kier molecular flexibility index (Phi) is 8.60.